The number of anilines is 1. The summed E-state index contributed by atoms with van der Waals surface area (Å²) < 4.78 is 0. The minimum Gasteiger partial charge on any atom is -0.331 e. The molecule has 1 aromatic heterocycles. The summed E-state index contributed by atoms with van der Waals surface area (Å²) in [6.07, 6.45) is 6.11. The molecule has 0 radical (unpaired) electrons. The fourth-order valence-electron chi connectivity index (χ4n) is 3.22. The molecular weight excluding hydrogens is 270 g/mol. The smallest absolute Gasteiger partial charge is 0.319 e. The van der Waals surface area contributed by atoms with Gasteiger partial charge in [0, 0.05) is 45.6 Å². The molecule has 3 amide bonds. The molecule has 3 heterocycles. The predicted octanol–water partition coefficient (Wildman–Crippen LogP) is 0.587. The number of hydrogen-bond acceptors (Lipinski definition) is 4. The zero-order chi connectivity index (χ0) is 15.0. The number of carbonyl (C=O) groups is 2. The van der Waals surface area contributed by atoms with E-state index in [4.69, 9.17) is 0 Å². The summed E-state index contributed by atoms with van der Waals surface area (Å²) in [6.45, 7) is 1.99. The molecule has 2 aliphatic rings. The topological polar surface area (TPSA) is 69.6 Å². The summed E-state index contributed by atoms with van der Waals surface area (Å²) in [5, 5.41) is 0. The van der Waals surface area contributed by atoms with E-state index in [1.165, 1.54) is 6.33 Å². The standard InChI is InChI=1S/C14H19N5O2/c1-17(2)13(21)18-4-3-14(8-18)5-12(20)19(9-14)11-6-15-10-16-7-11/h6-7,10H,3-5,8-9H2,1-2H3. The lowest BCUT2D eigenvalue weighted by molar-refractivity contribution is -0.117. The maximum absolute atomic E-state index is 12.3. The van der Waals surface area contributed by atoms with Crippen LogP contribution in [-0.2, 0) is 4.79 Å². The molecule has 2 saturated heterocycles. The lowest BCUT2D eigenvalue weighted by atomic mass is 9.86. The van der Waals surface area contributed by atoms with Crippen LogP contribution < -0.4 is 4.90 Å². The molecule has 7 nitrogen and oxygen atoms in total. The van der Waals surface area contributed by atoms with Crippen molar-refractivity contribution in [3.63, 3.8) is 0 Å². The van der Waals surface area contributed by atoms with Crippen LogP contribution in [0.1, 0.15) is 12.8 Å². The lowest BCUT2D eigenvalue weighted by Crippen LogP contribution is -2.39. The Balaban J connectivity index is 1.75. The first kappa shape index (κ1) is 13.8. The molecule has 112 valence electrons. The van der Waals surface area contributed by atoms with Crippen molar-refractivity contribution in [1.82, 2.24) is 19.8 Å². The average Bonchev–Trinajstić information content (AvgIpc) is 3.03. The van der Waals surface area contributed by atoms with E-state index in [9.17, 15) is 9.59 Å². The van der Waals surface area contributed by atoms with Gasteiger partial charge in [0.15, 0.2) is 0 Å². The molecule has 1 spiro atoms. The van der Waals surface area contributed by atoms with Gasteiger partial charge in [0.1, 0.15) is 6.33 Å². The summed E-state index contributed by atoms with van der Waals surface area (Å²) >= 11 is 0. The zero-order valence-corrected chi connectivity index (χ0v) is 12.3. The molecule has 0 aliphatic carbocycles. The molecule has 0 N–H and O–H groups in total. The van der Waals surface area contributed by atoms with Crippen molar-refractivity contribution in [1.29, 1.82) is 0 Å². The van der Waals surface area contributed by atoms with Crippen molar-refractivity contribution in [3.8, 4) is 0 Å². The number of aromatic nitrogens is 2. The maximum atomic E-state index is 12.3. The van der Waals surface area contributed by atoms with Crippen molar-refractivity contribution >= 4 is 17.6 Å². The minimum absolute atomic E-state index is 0.0146. The summed E-state index contributed by atoms with van der Waals surface area (Å²) in [5.41, 5.74) is 0.607. The predicted molar refractivity (Wildman–Crippen MR) is 76.7 cm³/mol. The van der Waals surface area contributed by atoms with Crippen molar-refractivity contribution in [2.45, 2.75) is 12.8 Å². The summed E-state index contributed by atoms with van der Waals surface area (Å²) in [5.74, 6) is 0.0870. The Kier molecular flexibility index (Phi) is 3.27. The molecule has 2 fully saturated rings. The van der Waals surface area contributed by atoms with Crippen LogP contribution in [0.25, 0.3) is 0 Å². The minimum atomic E-state index is -0.126. The number of nitrogens with zero attached hydrogens (tertiary/aromatic N) is 5. The van der Waals surface area contributed by atoms with Crippen molar-refractivity contribution in [3.05, 3.63) is 18.7 Å². The number of amides is 3. The Hall–Kier alpha value is -2.18. The number of hydrogen-bond donors (Lipinski definition) is 0. The Morgan fingerprint density at radius 1 is 1.29 bits per heavy atom. The van der Waals surface area contributed by atoms with Gasteiger partial charge in [0.2, 0.25) is 5.91 Å². The molecule has 21 heavy (non-hydrogen) atoms. The van der Waals surface area contributed by atoms with E-state index in [1.807, 2.05) is 4.90 Å². The molecule has 0 aromatic carbocycles. The van der Waals surface area contributed by atoms with Crippen molar-refractivity contribution in [2.24, 2.45) is 5.41 Å². The maximum Gasteiger partial charge on any atom is 0.319 e. The van der Waals surface area contributed by atoms with Gasteiger partial charge in [0.25, 0.3) is 0 Å². The van der Waals surface area contributed by atoms with Gasteiger partial charge >= 0.3 is 6.03 Å². The Labute approximate surface area is 123 Å². The second-order valence-electron chi connectivity index (χ2n) is 6.10. The van der Waals surface area contributed by atoms with E-state index >= 15 is 0 Å². The third-order valence-electron chi connectivity index (χ3n) is 4.27. The second-order valence-corrected chi connectivity index (χ2v) is 6.10. The highest BCUT2D eigenvalue weighted by atomic mass is 16.2. The Morgan fingerprint density at radius 3 is 2.67 bits per heavy atom. The molecule has 0 saturated carbocycles. The monoisotopic (exact) mass is 289 g/mol. The van der Waals surface area contributed by atoms with Gasteiger partial charge < -0.3 is 14.7 Å². The van der Waals surface area contributed by atoms with Crippen LogP contribution >= 0.6 is 0 Å². The molecule has 1 aromatic rings. The van der Waals surface area contributed by atoms with Crippen molar-refractivity contribution in [2.75, 3.05) is 38.6 Å². The van der Waals surface area contributed by atoms with Crippen LogP contribution in [0.2, 0.25) is 0 Å². The third-order valence-corrected chi connectivity index (χ3v) is 4.27. The van der Waals surface area contributed by atoms with E-state index in [2.05, 4.69) is 9.97 Å². The molecule has 1 unspecified atom stereocenters. The van der Waals surface area contributed by atoms with Gasteiger partial charge in [-0.2, -0.15) is 0 Å². The highest BCUT2D eigenvalue weighted by Crippen LogP contribution is 2.41. The van der Waals surface area contributed by atoms with Gasteiger partial charge in [-0.25, -0.2) is 14.8 Å². The van der Waals surface area contributed by atoms with Gasteiger partial charge in [-0.1, -0.05) is 0 Å². The average molecular weight is 289 g/mol. The molecule has 7 heteroatoms. The van der Waals surface area contributed by atoms with Crippen LogP contribution in [0.15, 0.2) is 18.7 Å². The Bertz CT molecular complexity index is 562. The lowest BCUT2D eigenvalue weighted by Gasteiger charge is -2.25. The number of rotatable bonds is 1. The van der Waals surface area contributed by atoms with E-state index in [0.717, 1.165) is 12.1 Å². The first-order valence-electron chi connectivity index (χ1n) is 7.02. The molecular formula is C14H19N5O2. The van der Waals surface area contributed by atoms with E-state index in [0.29, 0.717) is 26.1 Å². The van der Waals surface area contributed by atoms with E-state index in [-0.39, 0.29) is 17.4 Å². The Morgan fingerprint density at radius 2 is 2.00 bits per heavy atom. The second kappa shape index (κ2) is 4.98. The zero-order valence-electron chi connectivity index (χ0n) is 12.3. The fourth-order valence-corrected chi connectivity index (χ4v) is 3.22. The molecule has 0 bridgehead atoms. The summed E-state index contributed by atoms with van der Waals surface area (Å²) in [6, 6.07) is 0.0146. The van der Waals surface area contributed by atoms with Crippen LogP contribution in [0.5, 0.6) is 0 Å². The molecule has 2 aliphatic heterocycles. The van der Waals surface area contributed by atoms with Gasteiger partial charge in [-0.15, -0.1) is 0 Å². The van der Waals surface area contributed by atoms with E-state index < -0.39 is 0 Å². The molecule has 1 atom stereocenters. The van der Waals surface area contributed by atoms with Gasteiger partial charge in [-0.3, -0.25) is 4.79 Å². The number of carbonyl (C=O) groups excluding carboxylic acids is 2. The van der Waals surface area contributed by atoms with Crippen LogP contribution in [0, 0.1) is 5.41 Å². The van der Waals surface area contributed by atoms with Crippen LogP contribution in [0.3, 0.4) is 0 Å². The number of likely N-dealkylation sites (tertiary alicyclic amines) is 1. The first-order valence-corrected chi connectivity index (χ1v) is 7.02. The van der Waals surface area contributed by atoms with Gasteiger partial charge in [-0.05, 0) is 6.42 Å². The number of urea groups is 1. The quantitative estimate of drug-likeness (QED) is 0.758. The van der Waals surface area contributed by atoms with Crippen LogP contribution in [-0.4, -0.2) is 65.4 Å². The van der Waals surface area contributed by atoms with Crippen molar-refractivity contribution < 1.29 is 9.59 Å². The fraction of sp³-hybridized carbons (Fsp3) is 0.571. The third kappa shape index (κ3) is 2.43. The SMILES string of the molecule is CN(C)C(=O)N1CCC2(CC(=O)N(c3cncnc3)C2)C1. The van der Waals surface area contributed by atoms with Gasteiger partial charge in [0.05, 0.1) is 18.1 Å². The highest BCUT2D eigenvalue weighted by molar-refractivity contribution is 5.96. The largest absolute Gasteiger partial charge is 0.331 e. The first-order chi connectivity index (χ1) is 10.0. The highest BCUT2D eigenvalue weighted by Gasteiger charge is 2.49. The van der Waals surface area contributed by atoms with Crippen LogP contribution in [0.4, 0.5) is 10.5 Å². The summed E-state index contributed by atoms with van der Waals surface area (Å²) in [4.78, 5) is 37.4. The van der Waals surface area contributed by atoms with E-state index in [1.54, 1.807) is 36.3 Å². The molecule has 3 rings (SSSR count). The summed E-state index contributed by atoms with van der Waals surface area (Å²) in [7, 11) is 3.50. The normalized spacial score (nSPS) is 25.0.